The number of pyridine rings is 2. The van der Waals surface area contributed by atoms with Crippen molar-refractivity contribution in [2.24, 2.45) is 0 Å². The Bertz CT molecular complexity index is 1240. The van der Waals surface area contributed by atoms with Gasteiger partial charge in [0.25, 0.3) is 11.5 Å². The lowest BCUT2D eigenvalue weighted by Crippen LogP contribution is -2.46. The molecule has 0 saturated heterocycles. The molecule has 162 valence electrons. The molecular weight excluding hydrogens is 398 g/mol. The van der Waals surface area contributed by atoms with E-state index in [1.807, 2.05) is 30.3 Å². The molecule has 1 aromatic carbocycles. The fourth-order valence-corrected chi connectivity index (χ4v) is 4.17. The molecule has 1 aliphatic rings. The van der Waals surface area contributed by atoms with Gasteiger partial charge in [-0.05, 0) is 24.6 Å². The van der Waals surface area contributed by atoms with Crippen LogP contribution in [0.3, 0.4) is 0 Å². The number of hydrogen-bond acceptors (Lipinski definition) is 6. The summed E-state index contributed by atoms with van der Waals surface area (Å²) in [5, 5.41) is 13.4. The second-order valence-electron chi connectivity index (χ2n) is 7.63. The molecule has 4 rings (SSSR count). The Balaban J connectivity index is 1.99. The normalized spacial score (nSPS) is 14.2. The van der Waals surface area contributed by atoms with Crippen molar-refractivity contribution < 1.29 is 19.5 Å². The van der Waals surface area contributed by atoms with Crippen LogP contribution in [0.25, 0.3) is 22.3 Å². The van der Waals surface area contributed by atoms with Crippen molar-refractivity contribution in [3.8, 4) is 11.4 Å². The van der Waals surface area contributed by atoms with E-state index in [9.17, 15) is 14.7 Å². The topological polar surface area (TPSA) is 93.9 Å². The second kappa shape index (κ2) is 7.88. The average molecular weight is 423 g/mol. The Morgan fingerprint density at radius 1 is 1.29 bits per heavy atom. The Labute approximate surface area is 179 Å². The van der Waals surface area contributed by atoms with E-state index < -0.39 is 11.5 Å². The van der Waals surface area contributed by atoms with Crippen LogP contribution in [0.4, 0.5) is 0 Å². The quantitative estimate of drug-likeness (QED) is 0.478. The van der Waals surface area contributed by atoms with Gasteiger partial charge < -0.3 is 14.4 Å². The number of hydroxylamine groups is 2. The maximum atomic E-state index is 13.4. The first-order valence-corrected chi connectivity index (χ1v) is 10.1. The molecule has 0 saturated carbocycles. The summed E-state index contributed by atoms with van der Waals surface area (Å²) >= 11 is 0. The molecule has 0 bridgehead atoms. The monoisotopic (exact) mass is 423 g/mol. The van der Waals surface area contributed by atoms with Crippen LogP contribution in [-0.4, -0.2) is 46.9 Å². The third kappa shape index (κ3) is 3.23. The Morgan fingerprint density at radius 2 is 2.03 bits per heavy atom. The summed E-state index contributed by atoms with van der Waals surface area (Å²) in [6.07, 6.45) is 0.0527. The molecule has 31 heavy (non-hydrogen) atoms. The van der Waals surface area contributed by atoms with E-state index in [-0.39, 0.29) is 29.7 Å². The van der Waals surface area contributed by atoms with Crippen molar-refractivity contribution in [3.05, 3.63) is 63.4 Å². The van der Waals surface area contributed by atoms with E-state index in [0.717, 1.165) is 21.5 Å². The average Bonchev–Trinajstić information content (AvgIpc) is 3.15. The lowest BCUT2D eigenvalue weighted by atomic mass is 9.86. The highest BCUT2D eigenvalue weighted by Crippen LogP contribution is 2.36. The van der Waals surface area contributed by atoms with Crippen LogP contribution in [0.5, 0.6) is 0 Å². The van der Waals surface area contributed by atoms with Crippen molar-refractivity contribution in [1.29, 1.82) is 0 Å². The van der Waals surface area contributed by atoms with E-state index in [2.05, 4.69) is 0 Å². The zero-order valence-corrected chi connectivity index (χ0v) is 18.0. The number of likely N-dealkylation sites (N-methyl/N-ethyl adjacent to an activating group) is 1. The molecule has 1 N–H and O–H groups in total. The largest absolute Gasteiger partial charge is 0.380 e. The summed E-state index contributed by atoms with van der Waals surface area (Å²) in [5.74, 6) is -0.663. The van der Waals surface area contributed by atoms with Crippen LogP contribution in [-0.2, 0) is 33.1 Å². The van der Waals surface area contributed by atoms with Crippen molar-refractivity contribution >= 4 is 16.8 Å². The molecule has 1 aliphatic heterocycles. The van der Waals surface area contributed by atoms with Gasteiger partial charge in [0, 0.05) is 36.2 Å². The van der Waals surface area contributed by atoms with E-state index in [1.165, 1.54) is 21.3 Å². The lowest BCUT2D eigenvalue weighted by molar-refractivity contribution is -0.190. The van der Waals surface area contributed by atoms with Crippen LogP contribution in [0, 0.1) is 0 Å². The van der Waals surface area contributed by atoms with Crippen molar-refractivity contribution in [2.75, 3.05) is 21.3 Å². The maximum absolute atomic E-state index is 13.4. The minimum atomic E-state index is -1.95. The van der Waals surface area contributed by atoms with Gasteiger partial charge in [-0.15, -0.1) is 0 Å². The summed E-state index contributed by atoms with van der Waals surface area (Å²) in [5.41, 5.74) is 1.16. The predicted molar refractivity (Wildman–Crippen MR) is 115 cm³/mol. The van der Waals surface area contributed by atoms with Crippen molar-refractivity contribution in [2.45, 2.75) is 32.1 Å². The summed E-state index contributed by atoms with van der Waals surface area (Å²) in [6.45, 7) is 2.02. The SMILES string of the molecule is CCC(O)(C(=O)N(C)OC)c1cc2n(c(=O)c1COC)Cc1cc3ccccc3nc1-2. The highest BCUT2D eigenvalue weighted by molar-refractivity contribution is 5.87. The maximum Gasteiger partial charge on any atom is 0.282 e. The molecule has 0 spiro atoms. The number of carbonyl (C=O) groups is 1. The third-order valence-corrected chi connectivity index (χ3v) is 5.93. The number of aromatic nitrogens is 2. The van der Waals surface area contributed by atoms with Crippen LogP contribution >= 0.6 is 0 Å². The van der Waals surface area contributed by atoms with Crippen LogP contribution in [0.1, 0.15) is 30.0 Å². The number of hydrogen-bond donors (Lipinski definition) is 1. The molecule has 0 radical (unpaired) electrons. The summed E-state index contributed by atoms with van der Waals surface area (Å²) in [6, 6.07) is 11.5. The Kier molecular flexibility index (Phi) is 5.38. The zero-order chi connectivity index (χ0) is 22.3. The van der Waals surface area contributed by atoms with Crippen molar-refractivity contribution in [1.82, 2.24) is 14.6 Å². The van der Waals surface area contributed by atoms with E-state index >= 15 is 0 Å². The van der Waals surface area contributed by atoms with Gasteiger partial charge in [-0.2, -0.15) is 0 Å². The van der Waals surface area contributed by atoms with Gasteiger partial charge in [0.2, 0.25) is 0 Å². The van der Waals surface area contributed by atoms with Crippen molar-refractivity contribution in [3.63, 3.8) is 0 Å². The predicted octanol–water partition coefficient (Wildman–Crippen LogP) is 2.19. The van der Waals surface area contributed by atoms with Gasteiger partial charge in [0.1, 0.15) is 0 Å². The minimum Gasteiger partial charge on any atom is -0.380 e. The number of fused-ring (bicyclic) bond motifs is 4. The summed E-state index contributed by atoms with van der Waals surface area (Å²) in [4.78, 5) is 36.2. The molecule has 0 aliphatic carbocycles. The first kappa shape index (κ1) is 21.2. The molecule has 3 aromatic rings. The van der Waals surface area contributed by atoms with Gasteiger partial charge >= 0.3 is 0 Å². The molecule has 2 aromatic heterocycles. The Hall–Kier alpha value is -3.07. The minimum absolute atomic E-state index is 0.0352. The van der Waals surface area contributed by atoms with E-state index in [0.29, 0.717) is 17.9 Å². The highest BCUT2D eigenvalue weighted by Gasteiger charge is 2.42. The number of ether oxygens (including phenoxy) is 1. The molecule has 8 nitrogen and oxygen atoms in total. The zero-order valence-electron chi connectivity index (χ0n) is 18.0. The molecular formula is C23H25N3O5. The number of aliphatic hydroxyl groups is 1. The number of nitrogens with zero attached hydrogens (tertiary/aromatic N) is 3. The first-order valence-electron chi connectivity index (χ1n) is 10.1. The molecule has 8 heteroatoms. The number of carbonyl (C=O) groups excluding carboxylic acids is 1. The molecule has 3 heterocycles. The smallest absolute Gasteiger partial charge is 0.282 e. The fourth-order valence-electron chi connectivity index (χ4n) is 4.17. The van der Waals surface area contributed by atoms with Crippen LogP contribution in [0.2, 0.25) is 0 Å². The number of para-hydroxylation sites is 1. The van der Waals surface area contributed by atoms with Gasteiger partial charge in [0.05, 0.1) is 37.2 Å². The summed E-state index contributed by atoms with van der Waals surface area (Å²) in [7, 11) is 4.23. The van der Waals surface area contributed by atoms with E-state index in [1.54, 1.807) is 17.6 Å². The molecule has 1 atom stereocenters. The van der Waals surface area contributed by atoms with Crippen LogP contribution in [0.15, 0.2) is 41.2 Å². The third-order valence-electron chi connectivity index (χ3n) is 5.93. The number of methoxy groups -OCH3 is 1. The molecule has 0 fully saturated rings. The number of amides is 1. The van der Waals surface area contributed by atoms with Crippen LogP contribution < -0.4 is 5.56 Å². The fraction of sp³-hybridized carbons (Fsp3) is 0.348. The van der Waals surface area contributed by atoms with Gasteiger partial charge in [-0.1, -0.05) is 25.1 Å². The highest BCUT2D eigenvalue weighted by atomic mass is 16.7. The standard InChI is InChI=1S/C23H25N3O5/c1-5-23(29,22(28)25(2)31-4)17-11-19-20-15(10-14-8-6-7-9-18(14)24-20)12-26(19)21(27)16(17)13-30-3/h6-11,29H,5,12-13H2,1-4H3. The second-order valence-corrected chi connectivity index (χ2v) is 7.63. The number of benzene rings is 1. The van der Waals surface area contributed by atoms with Gasteiger partial charge in [-0.25, -0.2) is 10.0 Å². The Morgan fingerprint density at radius 3 is 2.71 bits per heavy atom. The van der Waals surface area contributed by atoms with Gasteiger partial charge in [-0.3, -0.25) is 14.4 Å². The van der Waals surface area contributed by atoms with E-state index in [4.69, 9.17) is 14.6 Å². The van der Waals surface area contributed by atoms with Gasteiger partial charge in [0.15, 0.2) is 5.60 Å². The molecule has 1 amide bonds. The summed E-state index contributed by atoms with van der Waals surface area (Å²) < 4.78 is 6.88. The first-order chi connectivity index (χ1) is 14.8. The lowest BCUT2D eigenvalue weighted by Gasteiger charge is -2.31. The number of rotatable bonds is 6. The molecule has 1 unspecified atom stereocenters.